The number of rotatable bonds is 4. The SMILES string of the molecule is CC(=O)Nc1ccc(C(=O)N(C)CC(C)C)cc1. The first-order chi connectivity index (χ1) is 8.40. The second-order valence-electron chi connectivity index (χ2n) is 4.84. The molecule has 1 N–H and O–H groups in total. The highest BCUT2D eigenvalue weighted by molar-refractivity contribution is 5.95. The minimum absolute atomic E-state index is 0.00178. The Morgan fingerprint density at radius 2 is 1.78 bits per heavy atom. The summed E-state index contributed by atoms with van der Waals surface area (Å²) in [6.07, 6.45) is 0. The van der Waals surface area contributed by atoms with Crippen LogP contribution in [0.5, 0.6) is 0 Å². The lowest BCUT2D eigenvalue weighted by atomic mass is 10.1. The van der Waals surface area contributed by atoms with Gasteiger partial charge in [0.25, 0.3) is 5.91 Å². The van der Waals surface area contributed by atoms with Crippen LogP contribution in [0, 0.1) is 5.92 Å². The zero-order valence-electron chi connectivity index (χ0n) is 11.4. The third kappa shape index (κ3) is 4.20. The molecule has 0 fully saturated rings. The zero-order valence-corrected chi connectivity index (χ0v) is 11.4. The number of hydrogen-bond acceptors (Lipinski definition) is 2. The molecule has 0 heterocycles. The molecule has 0 bridgehead atoms. The van der Waals surface area contributed by atoms with E-state index in [0.29, 0.717) is 17.2 Å². The van der Waals surface area contributed by atoms with Crippen LogP contribution < -0.4 is 5.32 Å². The van der Waals surface area contributed by atoms with Crippen LogP contribution >= 0.6 is 0 Å². The van der Waals surface area contributed by atoms with E-state index in [0.717, 1.165) is 6.54 Å². The maximum absolute atomic E-state index is 12.1. The van der Waals surface area contributed by atoms with E-state index in [9.17, 15) is 9.59 Å². The Kier molecular flexibility index (Phi) is 4.89. The van der Waals surface area contributed by atoms with Crippen LogP contribution in [-0.2, 0) is 4.79 Å². The Labute approximate surface area is 108 Å². The molecule has 18 heavy (non-hydrogen) atoms. The van der Waals surface area contributed by atoms with Gasteiger partial charge in [-0.05, 0) is 30.2 Å². The Balaban J connectivity index is 2.72. The summed E-state index contributed by atoms with van der Waals surface area (Å²) in [5.41, 5.74) is 1.33. The van der Waals surface area contributed by atoms with Gasteiger partial charge in [-0.3, -0.25) is 9.59 Å². The topological polar surface area (TPSA) is 49.4 Å². The molecule has 0 spiro atoms. The van der Waals surface area contributed by atoms with Crippen LogP contribution in [0.25, 0.3) is 0 Å². The summed E-state index contributed by atoms with van der Waals surface area (Å²) in [6.45, 7) is 6.33. The molecule has 98 valence electrons. The standard InChI is InChI=1S/C14H20N2O2/c1-10(2)9-16(4)14(18)12-5-7-13(8-6-12)15-11(3)17/h5-8,10H,9H2,1-4H3,(H,15,17). The number of amides is 2. The Morgan fingerprint density at radius 1 is 1.22 bits per heavy atom. The number of benzene rings is 1. The van der Waals surface area contributed by atoms with E-state index in [1.807, 2.05) is 0 Å². The second-order valence-corrected chi connectivity index (χ2v) is 4.84. The summed E-state index contributed by atoms with van der Waals surface area (Å²) in [4.78, 5) is 24.6. The lowest BCUT2D eigenvalue weighted by Crippen LogP contribution is -2.30. The van der Waals surface area contributed by atoms with Gasteiger partial charge in [0.15, 0.2) is 0 Å². The van der Waals surface area contributed by atoms with Crippen LogP contribution in [-0.4, -0.2) is 30.3 Å². The van der Waals surface area contributed by atoms with E-state index in [1.54, 1.807) is 36.2 Å². The zero-order chi connectivity index (χ0) is 13.7. The van der Waals surface area contributed by atoms with E-state index in [1.165, 1.54) is 6.92 Å². The average Bonchev–Trinajstić information content (AvgIpc) is 2.27. The maximum atomic E-state index is 12.1. The van der Waals surface area contributed by atoms with E-state index in [2.05, 4.69) is 19.2 Å². The highest BCUT2D eigenvalue weighted by atomic mass is 16.2. The predicted octanol–water partition coefficient (Wildman–Crippen LogP) is 2.37. The van der Waals surface area contributed by atoms with Crippen molar-refractivity contribution in [2.75, 3.05) is 18.9 Å². The molecular weight excluding hydrogens is 228 g/mol. The smallest absolute Gasteiger partial charge is 0.253 e. The monoisotopic (exact) mass is 248 g/mol. The van der Waals surface area contributed by atoms with Gasteiger partial charge in [0.1, 0.15) is 0 Å². The number of carbonyl (C=O) groups excluding carboxylic acids is 2. The molecule has 0 atom stereocenters. The van der Waals surface area contributed by atoms with Crippen molar-refractivity contribution in [2.24, 2.45) is 5.92 Å². The fourth-order valence-electron chi connectivity index (χ4n) is 1.75. The van der Waals surface area contributed by atoms with Crippen molar-refractivity contribution < 1.29 is 9.59 Å². The Hall–Kier alpha value is -1.84. The number of hydrogen-bond donors (Lipinski definition) is 1. The van der Waals surface area contributed by atoms with Crippen molar-refractivity contribution in [2.45, 2.75) is 20.8 Å². The van der Waals surface area contributed by atoms with Gasteiger partial charge in [0.05, 0.1) is 0 Å². The molecule has 4 nitrogen and oxygen atoms in total. The van der Waals surface area contributed by atoms with Gasteiger partial charge in [-0.15, -0.1) is 0 Å². The highest BCUT2D eigenvalue weighted by Gasteiger charge is 2.12. The third-order valence-corrected chi connectivity index (χ3v) is 2.44. The first-order valence-corrected chi connectivity index (χ1v) is 6.03. The van der Waals surface area contributed by atoms with Crippen molar-refractivity contribution in [1.82, 2.24) is 4.90 Å². The summed E-state index contributed by atoms with van der Waals surface area (Å²) in [5, 5.41) is 2.67. The van der Waals surface area contributed by atoms with Crippen LogP contribution in [0.15, 0.2) is 24.3 Å². The van der Waals surface area contributed by atoms with Gasteiger partial charge >= 0.3 is 0 Å². The summed E-state index contributed by atoms with van der Waals surface area (Å²) in [7, 11) is 1.80. The first-order valence-electron chi connectivity index (χ1n) is 6.03. The normalized spacial score (nSPS) is 10.3. The lowest BCUT2D eigenvalue weighted by Gasteiger charge is -2.19. The summed E-state index contributed by atoms with van der Waals surface area (Å²) in [5.74, 6) is 0.321. The first kappa shape index (κ1) is 14.2. The van der Waals surface area contributed by atoms with Gasteiger partial charge in [-0.2, -0.15) is 0 Å². The summed E-state index contributed by atoms with van der Waals surface area (Å²) in [6, 6.07) is 6.92. The second kappa shape index (κ2) is 6.19. The molecule has 0 saturated heterocycles. The molecule has 0 aliphatic heterocycles. The summed E-state index contributed by atoms with van der Waals surface area (Å²) < 4.78 is 0. The van der Waals surface area contributed by atoms with E-state index < -0.39 is 0 Å². The van der Waals surface area contributed by atoms with Gasteiger partial charge in [-0.1, -0.05) is 13.8 Å². The molecule has 2 amide bonds. The predicted molar refractivity (Wildman–Crippen MR) is 72.5 cm³/mol. The van der Waals surface area contributed by atoms with Crippen molar-refractivity contribution in [1.29, 1.82) is 0 Å². The molecule has 1 aromatic carbocycles. The van der Waals surface area contributed by atoms with Crippen LogP contribution in [0.1, 0.15) is 31.1 Å². The van der Waals surface area contributed by atoms with Crippen molar-refractivity contribution >= 4 is 17.5 Å². The number of anilines is 1. The van der Waals surface area contributed by atoms with Crippen LogP contribution in [0.3, 0.4) is 0 Å². The fourth-order valence-corrected chi connectivity index (χ4v) is 1.75. The number of nitrogens with zero attached hydrogens (tertiary/aromatic N) is 1. The molecule has 0 saturated carbocycles. The quantitative estimate of drug-likeness (QED) is 0.889. The number of carbonyl (C=O) groups is 2. The minimum atomic E-state index is -0.119. The molecule has 0 aliphatic carbocycles. The number of nitrogens with one attached hydrogen (secondary N) is 1. The van der Waals surface area contributed by atoms with Crippen molar-refractivity contribution in [3.05, 3.63) is 29.8 Å². The van der Waals surface area contributed by atoms with Gasteiger partial charge in [0.2, 0.25) is 5.91 Å². The molecule has 0 unspecified atom stereocenters. The molecule has 0 radical (unpaired) electrons. The molecule has 0 aromatic heterocycles. The van der Waals surface area contributed by atoms with Crippen LogP contribution in [0.2, 0.25) is 0 Å². The maximum Gasteiger partial charge on any atom is 0.253 e. The van der Waals surface area contributed by atoms with Gasteiger partial charge in [-0.25, -0.2) is 0 Å². The van der Waals surface area contributed by atoms with E-state index in [4.69, 9.17) is 0 Å². The third-order valence-electron chi connectivity index (χ3n) is 2.44. The Morgan fingerprint density at radius 3 is 2.22 bits per heavy atom. The Bertz CT molecular complexity index is 424. The van der Waals surface area contributed by atoms with Crippen LogP contribution in [0.4, 0.5) is 5.69 Å². The lowest BCUT2D eigenvalue weighted by molar-refractivity contribution is -0.114. The van der Waals surface area contributed by atoms with Crippen molar-refractivity contribution in [3.63, 3.8) is 0 Å². The minimum Gasteiger partial charge on any atom is -0.341 e. The average molecular weight is 248 g/mol. The largest absolute Gasteiger partial charge is 0.341 e. The fraction of sp³-hybridized carbons (Fsp3) is 0.429. The van der Waals surface area contributed by atoms with Gasteiger partial charge < -0.3 is 10.2 Å². The van der Waals surface area contributed by atoms with E-state index >= 15 is 0 Å². The van der Waals surface area contributed by atoms with Gasteiger partial charge in [0, 0.05) is 31.8 Å². The molecule has 1 aromatic rings. The molecule has 0 aliphatic rings. The molecular formula is C14H20N2O2. The highest BCUT2D eigenvalue weighted by Crippen LogP contribution is 2.11. The van der Waals surface area contributed by atoms with E-state index in [-0.39, 0.29) is 11.8 Å². The van der Waals surface area contributed by atoms with Crippen molar-refractivity contribution in [3.8, 4) is 0 Å². The molecule has 4 heteroatoms. The molecule has 1 rings (SSSR count). The summed E-state index contributed by atoms with van der Waals surface area (Å²) >= 11 is 0.